The topological polar surface area (TPSA) is 484 Å². The van der Waals surface area contributed by atoms with E-state index in [-0.39, 0.29) is 93.5 Å². The molecular weight excluding hydrogens is 1550 g/mol. The lowest BCUT2D eigenvalue weighted by atomic mass is 9.99. The predicted octanol–water partition coefficient (Wildman–Crippen LogP) is 3.87. The summed E-state index contributed by atoms with van der Waals surface area (Å²) in [5.41, 5.74) is 14.4. The van der Waals surface area contributed by atoms with Gasteiger partial charge < -0.3 is 95.1 Å². The van der Waals surface area contributed by atoms with Crippen LogP contribution in [0.5, 0.6) is 11.5 Å². The average Bonchev–Trinajstić information content (AvgIpc) is 1.81. The number of carbonyl (C=O) groups is 13. The highest BCUT2D eigenvalue weighted by Gasteiger charge is 2.41. The molecule has 0 spiro atoms. The molecule has 0 unspecified atom stereocenters. The van der Waals surface area contributed by atoms with Crippen LogP contribution in [0.15, 0.2) is 158 Å². The average molecular weight is 1660 g/mol. The Morgan fingerprint density at radius 3 is 1.54 bits per heavy atom. The molecule has 7 aromatic rings. The van der Waals surface area contributed by atoms with E-state index in [0.29, 0.717) is 69.9 Å². The van der Waals surface area contributed by atoms with Gasteiger partial charge in [0.15, 0.2) is 11.5 Å². The van der Waals surface area contributed by atoms with Gasteiger partial charge in [0.05, 0.1) is 20.1 Å². The van der Waals surface area contributed by atoms with Crippen LogP contribution in [0.25, 0.3) is 10.8 Å². The van der Waals surface area contributed by atoms with E-state index < -0.39 is 144 Å². The number of urea groups is 1. The molecule has 119 heavy (non-hydrogen) atoms. The van der Waals surface area contributed by atoms with Crippen molar-refractivity contribution in [3.63, 3.8) is 0 Å². The number of methoxy groups -OCH3 is 1. The minimum atomic E-state index is -1.90. The number of fused-ring (bicyclic) bond motifs is 1. The van der Waals surface area contributed by atoms with Crippen molar-refractivity contribution in [1.82, 2.24) is 63.1 Å². The fraction of sp³-hybridized carbons (Fsp3) is 0.395. The molecule has 1 aromatic heterocycles. The number of ether oxygens (including phenoxy) is 1. The Kier molecular flexibility index (Phi) is 35.0. The summed E-state index contributed by atoms with van der Waals surface area (Å²) in [5, 5.41) is 56.6. The number of hydrogen-bond donors (Lipinski definition) is 16. The Bertz CT molecular complexity index is 4690. The third-order valence-electron chi connectivity index (χ3n) is 19.8. The molecule has 8 rings (SSSR count). The monoisotopic (exact) mass is 1650 g/mol. The van der Waals surface area contributed by atoms with Gasteiger partial charge in [-0.15, -0.1) is 0 Å². The summed E-state index contributed by atoms with van der Waals surface area (Å²) in [6.45, 7) is 9.84. The molecule has 1 aliphatic heterocycles. The van der Waals surface area contributed by atoms with Gasteiger partial charge in [-0.1, -0.05) is 130 Å². The van der Waals surface area contributed by atoms with Crippen LogP contribution in [0.4, 0.5) is 16.2 Å². The Balaban J connectivity index is 1.10. The standard InChI is InChI=1S/C86H107ClN16O16/c1-49(2)38-65(77(109)96-64(17-10-11-36-91-50(3)4)85(117)103-37-13-18-72(103)84(116)92-51(5)76(88)108)97-79(111)68(41-55-24-32-63(33-25-55)95-86(89)118)99-81(113)69(42-54-22-30-62(31-23-54)94-75(107)46-57-26-34-73(106)74(45-57)119-7)101-83(115)71(48-104)102-82(114)70(44-58-14-12-35-90-47-58)100-80(112)67(40-53-20-28-61(87)29-21-53)98-78(110)66(93-52(6)105)43-56-19-27-59-15-8-9-16-60(59)39-56/h8-9,12,14-16,19-35,39,45,47,49-51,64-72,91,104,106H,10-11,13,17-18,36-38,40-44,46,48H2,1-7H3,(H2,88,108)(H,92,116)(H,93,105)(H,94,107)(H,96,109)(H,97,111)(H,98,110)(H,99,113)(H,100,112)(H,101,115)(H,102,114)(H3,89,95,118)/t51-,64+,65+,66-,67-,68-,69+,70-,71+,72+/m1/s1. The van der Waals surface area contributed by atoms with E-state index in [1.165, 1.54) is 86.8 Å². The van der Waals surface area contributed by atoms with E-state index in [0.717, 1.165) is 10.8 Å². The van der Waals surface area contributed by atoms with Crippen LogP contribution in [0.3, 0.4) is 0 Å². The number of aliphatic hydroxyl groups is 1. The number of phenolic OH excluding ortho intramolecular Hbond substituents is 1. The lowest BCUT2D eigenvalue weighted by molar-refractivity contribution is -0.142. The summed E-state index contributed by atoms with van der Waals surface area (Å²) < 4.78 is 5.21. The number of carbonyl (C=O) groups excluding carboxylic acids is 13. The highest BCUT2D eigenvalue weighted by atomic mass is 35.5. The van der Waals surface area contributed by atoms with Gasteiger partial charge in [0.1, 0.15) is 60.4 Å². The molecule has 0 bridgehead atoms. The fourth-order valence-corrected chi connectivity index (χ4v) is 13.7. The minimum absolute atomic E-state index is 0.0122. The normalized spacial score (nSPS) is 14.7. The first kappa shape index (κ1) is 92.0. The van der Waals surface area contributed by atoms with Gasteiger partial charge in [0.25, 0.3) is 0 Å². The molecular formula is C86H107ClN16O16. The van der Waals surface area contributed by atoms with E-state index in [9.17, 15) is 48.6 Å². The van der Waals surface area contributed by atoms with E-state index in [4.69, 9.17) is 27.8 Å². The second kappa shape index (κ2) is 45.2. The van der Waals surface area contributed by atoms with E-state index >= 15 is 24.0 Å². The summed E-state index contributed by atoms with van der Waals surface area (Å²) >= 11 is 6.28. The molecule has 10 atom stereocenters. The van der Waals surface area contributed by atoms with Gasteiger partial charge in [-0.3, -0.25) is 62.5 Å². The third kappa shape index (κ3) is 29.2. The Labute approximate surface area is 695 Å². The summed E-state index contributed by atoms with van der Waals surface area (Å²) in [6, 6.07) is 24.6. The molecule has 33 heteroatoms. The third-order valence-corrected chi connectivity index (χ3v) is 20.1. The number of unbranched alkanes of at least 4 members (excludes halogenated alkanes) is 1. The molecule has 18 N–H and O–H groups in total. The summed E-state index contributed by atoms with van der Waals surface area (Å²) in [4.78, 5) is 190. The van der Waals surface area contributed by atoms with Crippen molar-refractivity contribution >= 4 is 111 Å². The molecule has 0 saturated carbocycles. The van der Waals surface area contributed by atoms with Crippen molar-refractivity contribution in [1.29, 1.82) is 0 Å². The lowest BCUT2D eigenvalue weighted by Crippen LogP contribution is -2.62. The quantitative estimate of drug-likeness (QED) is 0.0241. The zero-order chi connectivity index (χ0) is 86.4. The number of aromatic nitrogens is 1. The van der Waals surface area contributed by atoms with Crippen LogP contribution >= 0.6 is 11.6 Å². The van der Waals surface area contributed by atoms with Crippen LogP contribution in [0.1, 0.15) is 113 Å². The number of benzene rings is 6. The van der Waals surface area contributed by atoms with Crippen molar-refractivity contribution in [3.8, 4) is 11.5 Å². The number of aromatic hydroxyl groups is 1. The Hall–Kier alpha value is -12.5. The second-order valence-corrected chi connectivity index (χ2v) is 30.7. The van der Waals surface area contributed by atoms with Crippen molar-refractivity contribution < 1.29 is 77.3 Å². The number of hydrogen-bond acceptors (Lipinski definition) is 18. The first-order valence-corrected chi connectivity index (χ1v) is 39.8. The molecule has 32 nitrogen and oxygen atoms in total. The van der Waals surface area contributed by atoms with E-state index in [1.54, 1.807) is 68.4 Å². The van der Waals surface area contributed by atoms with E-state index in [1.807, 2.05) is 56.3 Å². The van der Waals surface area contributed by atoms with Crippen LogP contribution in [-0.4, -0.2) is 190 Å². The molecule has 1 fully saturated rings. The number of nitrogens with zero attached hydrogens (tertiary/aromatic N) is 2. The largest absolute Gasteiger partial charge is 0.504 e. The Morgan fingerprint density at radius 2 is 1.02 bits per heavy atom. The zero-order valence-corrected chi connectivity index (χ0v) is 68.3. The maximum absolute atomic E-state index is 15.5. The van der Waals surface area contributed by atoms with Gasteiger partial charge in [-0.25, -0.2) is 4.79 Å². The number of pyridine rings is 1. The van der Waals surface area contributed by atoms with Gasteiger partial charge in [-0.2, -0.15) is 0 Å². The van der Waals surface area contributed by atoms with Crippen molar-refractivity contribution in [2.24, 2.45) is 17.4 Å². The van der Waals surface area contributed by atoms with Crippen LogP contribution < -0.4 is 80.0 Å². The number of nitrogens with one attached hydrogen (secondary N) is 12. The number of aliphatic hydroxyl groups excluding tert-OH is 1. The SMILES string of the molecule is COc1cc(CC(=O)Nc2ccc(C[C@H](NC(=O)[C@H](CO)NC(=O)[C@@H](Cc3cccnc3)NC(=O)[C@@H](Cc3ccc(Cl)cc3)NC(=O)[C@@H](Cc3ccc4ccccc4c3)NC(C)=O)C(=O)N[C@H](Cc3ccc(NC(N)=O)cc3)C(=O)N[C@@H](CC(C)C)C(=O)N[C@@H](CCCCNC(C)C)C(=O)N3CCC[C@H]3C(=O)N[C@H](C)C(N)=O)cc2)ccc1O. The minimum Gasteiger partial charge on any atom is -0.504 e. The number of likely N-dealkylation sites (tertiary alicyclic amines) is 1. The van der Waals surface area contributed by atoms with E-state index in [2.05, 4.69) is 68.8 Å². The molecule has 0 aliphatic carbocycles. The molecule has 2 heterocycles. The number of nitrogens with two attached hydrogens (primary N) is 2. The number of halogens is 1. The van der Waals surface area contributed by atoms with Gasteiger partial charge in [0, 0.05) is 80.4 Å². The lowest BCUT2D eigenvalue weighted by Gasteiger charge is -2.31. The highest BCUT2D eigenvalue weighted by molar-refractivity contribution is 6.30. The van der Waals surface area contributed by atoms with Crippen LogP contribution in [-0.2, 0) is 96.1 Å². The molecule has 1 aliphatic rings. The second-order valence-electron chi connectivity index (χ2n) is 30.2. The van der Waals surface area contributed by atoms with Crippen molar-refractivity contribution in [2.45, 2.75) is 185 Å². The fourth-order valence-electron chi connectivity index (χ4n) is 13.6. The Morgan fingerprint density at radius 1 is 0.529 bits per heavy atom. The highest BCUT2D eigenvalue weighted by Crippen LogP contribution is 2.28. The smallest absolute Gasteiger partial charge is 0.316 e. The predicted molar refractivity (Wildman–Crippen MR) is 447 cm³/mol. The zero-order valence-electron chi connectivity index (χ0n) is 67.6. The molecule has 0 radical (unpaired) electrons. The first-order valence-electron chi connectivity index (χ1n) is 39.5. The first-order chi connectivity index (χ1) is 56.8. The van der Waals surface area contributed by atoms with Gasteiger partial charge in [0.2, 0.25) is 70.9 Å². The number of primary amides is 2. The van der Waals surface area contributed by atoms with Gasteiger partial charge in [-0.05, 0) is 157 Å². The summed E-state index contributed by atoms with van der Waals surface area (Å²) in [5.74, 6) is -9.79. The summed E-state index contributed by atoms with van der Waals surface area (Å²) in [7, 11) is 1.37. The molecule has 1 saturated heterocycles. The summed E-state index contributed by atoms with van der Waals surface area (Å²) in [6.07, 6.45) is 3.46. The van der Waals surface area contributed by atoms with Crippen LogP contribution in [0.2, 0.25) is 5.02 Å². The number of phenols is 1. The van der Waals surface area contributed by atoms with Gasteiger partial charge >= 0.3 is 6.03 Å². The van der Waals surface area contributed by atoms with Crippen LogP contribution in [0, 0.1) is 5.92 Å². The molecule has 6 aromatic carbocycles. The van der Waals surface area contributed by atoms with Crippen molar-refractivity contribution in [2.75, 3.05) is 37.4 Å². The number of amides is 14. The maximum atomic E-state index is 15.5. The van der Waals surface area contributed by atoms with Crippen molar-refractivity contribution in [3.05, 3.63) is 196 Å². The maximum Gasteiger partial charge on any atom is 0.316 e. The number of anilines is 2. The molecule has 14 amide bonds. The number of rotatable bonds is 43. The molecule has 634 valence electrons.